The number of ether oxygens (including phenoxy) is 1. The van der Waals surface area contributed by atoms with Crippen LogP contribution in [0.5, 0.6) is 0 Å². The first-order valence-corrected chi connectivity index (χ1v) is 4.72. The van der Waals surface area contributed by atoms with E-state index in [2.05, 4.69) is 0 Å². The summed E-state index contributed by atoms with van der Waals surface area (Å²) in [6, 6.07) is 8.89. The van der Waals surface area contributed by atoms with Gasteiger partial charge in [-0.15, -0.1) is 0 Å². The number of hydrogen-bond donors (Lipinski definition) is 1. The van der Waals surface area contributed by atoms with Crippen molar-refractivity contribution in [2.75, 3.05) is 6.61 Å². The van der Waals surface area contributed by atoms with Crippen LogP contribution in [0.25, 0.3) is 5.76 Å². The summed E-state index contributed by atoms with van der Waals surface area (Å²) in [6.07, 6.45) is 1.28. The molecule has 0 amide bonds. The molecule has 0 spiro atoms. The van der Waals surface area contributed by atoms with Crippen molar-refractivity contribution in [2.45, 2.75) is 6.92 Å². The zero-order chi connectivity index (χ0) is 12.0. The summed E-state index contributed by atoms with van der Waals surface area (Å²) in [5.74, 6) is -0.995. The summed E-state index contributed by atoms with van der Waals surface area (Å²) in [5.41, 5.74) is 0.680. The second-order valence-electron chi connectivity index (χ2n) is 3.17. The first-order valence-electron chi connectivity index (χ1n) is 4.72. The molecule has 1 aromatic carbocycles. The first kappa shape index (κ1) is 15.9. The third-order valence-electron chi connectivity index (χ3n) is 1.74. The van der Waals surface area contributed by atoms with E-state index in [4.69, 9.17) is 9.84 Å². The Bertz CT molecular complexity index is 417. The van der Waals surface area contributed by atoms with Gasteiger partial charge in [0.05, 0.1) is 0 Å². The number of carboxylic acid groups (broad SMARTS) is 1. The minimum Gasteiger partial charge on any atom is -1.00 e. The molecule has 86 valence electrons. The van der Waals surface area contributed by atoms with Crippen LogP contribution in [0, 0.1) is 0 Å². The van der Waals surface area contributed by atoms with Crippen molar-refractivity contribution in [1.29, 1.82) is 0 Å². The number of carbonyl (C=O) groups excluding carboxylic acids is 1. The molecular weight excluding hydrogens is 231 g/mol. The molecule has 0 saturated carbocycles. The molecular formula is C12H13NaO4. The Hall–Kier alpha value is -1.10. The minimum absolute atomic E-state index is 0. The molecule has 0 heterocycles. The fourth-order valence-corrected chi connectivity index (χ4v) is 1.13. The van der Waals surface area contributed by atoms with Crippen molar-refractivity contribution in [3.8, 4) is 0 Å². The van der Waals surface area contributed by atoms with E-state index in [0.717, 1.165) is 0 Å². The van der Waals surface area contributed by atoms with Crippen LogP contribution < -0.4 is 29.6 Å². The second kappa shape index (κ2) is 8.06. The SMILES string of the molecule is CC(=O)C=C(OCC(=O)O)c1ccccc1.[H-].[Na+]. The number of allylic oxidation sites excluding steroid dienone is 1. The number of ketones is 1. The Morgan fingerprint density at radius 3 is 2.41 bits per heavy atom. The first-order chi connectivity index (χ1) is 7.59. The molecule has 5 heteroatoms. The Morgan fingerprint density at radius 2 is 1.94 bits per heavy atom. The van der Waals surface area contributed by atoms with Gasteiger partial charge in [0.15, 0.2) is 12.4 Å². The minimum atomic E-state index is -1.08. The van der Waals surface area contributed by atoms with E-state index in [1.54, 1.807) is 24.3 Å². The van der Waals surface area contributed by atoms with Crippen molar-refractivity contribution in [1.82, 2.24) is 0 Å². The van der Waals surface area contributed by atoms with E-state index in [1.165, 1.54) is 13.0 Å². The van der Waals surface area contributed by atoms with Gasteiger partial charge in [-0.25, -0.2) is 4.79 Å². The van der Waals surface area contributed by atoms with E-state index in [1.807, 2.05) is 6.07 Å². The van der Waals surface area contributed by atoms with E-state index in [0.29, 0.717) is 5.56 Å². The van der Waals surface area contributed by atoms with Crippen molar-refractivity contribution >= 4 is 17.5 Å². The summed E-state index contributed by atoms with van der Waals surface area (Å²) >= 11 is 0. The monoisotopic (exact) mass is 244 g/mol. The second-order valence-corrected chi connectivity index (χ2v) is 3.17. The van der Waals surface area contributed by atoms with Gasteiger partial charge >= 0.3 is 35.5 Å². The standard InChI is InChI=1S/C12H12O4.Na.H/c1-9(13)7-11(16-8-12(14)15)10-5-3-2-4-6-10;;/h2-7H,8H2,1H3,(H,14,15);;/q;+1;-1. The molecule has 4 nitrogen and oxygen atoms in total. The summed E-state index contributed by atoms with van der Waals surface area (Å²) in [7, 11) is 0. The molecule has 17 heavy (non-hydrogen) atoms. The van der Waals surface area contributed by atoms with Crippen LogP contribution in [0.15, 0.2) is 36.4 Å². The summed E-state index contributed by atoms with van der Waals surface area (Å²) in [6.45, 7) is 0.918. The van der Waals surface area contributed by atoms with Crippen LogP contribution in [0.3, 0.4) is 0 Å². The maximum absolute atomic E-state index is 11.0. The molecule has 1 rings (SSSR count). The average molecular weight is 244 g/mol. The number of hydrogen-bond acceptors (Lipinski definition) is 3. The fraction of sp³-hybridized carbons (Fsp3) is 0.167. The molecule has 0 fully saturated rings. The van der Waals surface area contributed by atoms with E-state index in [9.17, 15) is 9.59 Å². The van der Waals surface area contributed by atoms with Gasteiger partial charge in [0.1, 0.15) is 5.76 Å². The van der Waals surface area contributed by atoms with Gasteiger partial charge < -0.3 is 11.3 Å². The van der Waals surface area contributed by atoms with Crippen LogP contribution in [-0.4, -0.2) is 23.5 Å². The summed E-state index contributed by atoms with van der Waals surface area (Å²) < 4.78 is 5.04. The summed E-state index contributed by atoms with van der Waals surface area (Å²) in [5, 5.41) is 8.51. The summed E-state index contributed by atoms with van der Waals surface area (Å²) in [4.78, 5) is 21.4. The molecule has 0 aliphatic rings. The molecule has 1 aromatic rings. The Morgan fingerprint density at radius 1 is 1.35 bits per heavy atom. The van der Waals surface area contributed by atoms with Crippen LogP contribution in [-0.2, 0) is 14.3 Å². The van der Waals surface area contributed by atoms with E-state index in [-0.39, 0.29) is 42.5 Å². The van der Waals surface area contributed by atoms with E-state index >= 15 is 0 Å². The van der Waals surface area contributed by atoms with Gasteiger partial charge in [-0.3, -0.25) is 4.79 Å². The van der Waals surface area contributed by atoms with Crippen molar-refractivity contribution in [3.63, 3.8) is 0 Å². The van der Waals surface area contributed by atoms with Crippen molar-refractivity contribution in [2.24, 2.45) is 0 Å². The normalized spacial score (nSPS) is 10.3. The van der Waals surface area contributed by atoms with Crippen LogP contribution in [0.4, 0.5) is 0 Å². The number of carbonyl (C=O) groups is 2. The molecule has 0 bridgehead atoms. The topological polar surface area (TPSA) is 63.6 Å². The largest absolute Gasteiger partial charge is 1.00 e. The molecule has 0 aliphatic heterocycles. The smallest absolute Gasteiger partial charge is 1.00 e. The van der Waals surface area contributed by atoms with Gasteiger partial charge in [-0.05, 0) is 6.92 Å². The van der Waals surface area contributed by atoms with Gasteiger partial charge in [-0.1, -0.05) is 30.3 Å². The average Bonchev–Trinajstić information content (AvgIpc) is 2.25. The Balaban J connectivity index is 0. The van der Waals surface area contributed by atoms with Gasteiger partial charge in [0, 0.05) is 11.6 Å². The molecule has 1 N–H and O–H groups in total. The molecule has 0 atom stereocenters. The zero-order valence-electron chi connectivity index (χ0n) is 10.8. The van der Waals surface area contributed by atoms with Gasteiger partial charge in [0.2, 0.25) is 0 Å². The van der Waals surface area contributed by atoms with E-state index < -0.39 is 12.6 Å². The maximum atomic E-state index is 11.0. The zero-order valence-corrected chi connectivity index (χ0v) is 11.8. The third-order valence-corrected chi connectivity index (χ3v) is 1.74. The predicted molar refractivity (Wildman–Crippen MR) is 59.8 cm³/mol. The maximum Gasteiger partial charge on any atom is 1.00 e. The molecule has 0 radical (unpaired) electrons. The fourth-order valence-electron chi connectivity index (χ4n) is 1.13. The molecule has 0 aliphatic carbocycles. The van der Waals surface area contributed by atoms with Crippen molar-refractivity contribution < 1.29 is 50.4 Å². The molecule has 0 aromatic heterocycles. The van der Waals surface area contributed by atoms with Gasteiger partial charge in [-0.2, -0.15) is 0 Å². The Kier molecular flexibility index (Phi) is 7.54. The van der Waals surface area contributed by atoms with Crippen LogP contribution in [0.2, 0.25) is 0 Å². The number of benzene rings is 1. The third kappa shape index (κ3) is 6.26. The number of rotatable bonds is 5. The van der Waals surface area contributed by atoms with Gasteiger partial charge in [0.25, 0.3) is 0 Å². The Labute approximate surface area is 123 Å². The molecule has 0 unspecified atom stereocenters. The quantitative estimate of drug-likeness (QED) is 0.403. The van der Waals surface area contributed by atoms with Crippen LogP contribution >= 0.6 is 0 Å². The predicted octanol–water partition coefficient (Wildman–Crippen LogP) is -1.17. The van der Waals surface area contributed by atoms with Crippen LogP contribution in [0.1, 0.15) is 13.9 Å². The molecule has 0 saturated heterocycles. The number of aliphatic carboxylic acids is 1. The number of carboxylic acids is 1. The van der Waals surface area contributed by atoms with Crippen molar-refractivity contribution in [3.05, 3.63) is 42.0 Å².